The van der Waals surface area contributed by atoms with Crippen LogP contribution >= 0.6 is 0 Å². The van der Waals surface area contributed by atoms with E-state index in [1.807, 2.05) is 0 Å². The van der Waals surface area contributed by atoms with E-state index < -0.39 is 31.7 Å². The molecule has 0 spiro atoms. The zero-order valence-corrected chi connectivity index (χ0v) is 37.2. The Balaban J connectivity index is -0.000000886. The Bertz CT molecular complexity index is 933. The SMILES string of the molecule is CCCCCCCCCCCCCCCC(=O)N(C)CCS(=O)(=O)[O-].CCCCCCCCCCCCCCCC(=O)N(C)CCS(=O)(=O)[O-].[Ca+2]. The van der Waals surface area contributed by atoms with Gasteiger partial charge in [-0.1, -0.05) is 168 Å². The molecule has 0 unspecified atom stereocenters. The second kappa shape index (κ2) is 38.3. The van der Waals surface area contributed by atoms with Crippen molar-refractivity contribution in [2.75, 3.05) is 38.7 Å². The molecule has 51 heavy (non-hydrogen) atoms. The van der Waals surface area contributed by atoms with Crippen molar-refractivity contribution in [1.29, 1.82) is 0 Å². The molecule has 0 saturated carbocycles. The third-order valence-electron chi connectivity index (χ3n) is 9.19. The molecule has 2 amide bonds. The largest absolute Gasteiger partial charge is 2.00 e. The van der Waals surface area contributed by atoms with Crippen LogP contribution in [0, 0.1) is 0 Å². The maximum absolute atomic E-state index is 11.8. The van der Waals surface area contributed by atoms with Crippen molar-refractivity contribution >= 4 is 69.8 Å². The van der Waals surface area contributed by atoms with Crippen molar-refractivity contribution in [1.82, 2.24) is 9.80 Å². The normalized spacial score (nSPS) is 11.4. The smallest absolute Gasteiger partial charge is 0.748 e. The summed E-state index contributed by atoms with van der Waals surface area (Å²) in [6.07, 6.45) is 33.7. The zero-order chi connectivity index (χ0) is 37.9. The van der Waals surface area contributed by atoms with Gasteiger partial charge in [-0.2, -0.15) is 0 Å². The maximum Gasteiger partial charge on any atom is 2.00 e. The Kier molecular flexibility index (Phi) is 41.6. The molecule has 0 radical (unpaired) electrons. The predicted octanol–water partition coefficient (Wildman–Crippen LogP) is 8.56. The fourth-order valence-electron chi connectivity index (χ4n) is 5.72. The van der Waals surface area contributed by atoms with Gasteiger partial charge in [0.15, 0.2) is 0 Å². The van der Waals surface area contributed by atoms with Gasteiger partial charge in [-0.25, -0.2) is 16.8 Å². The molecule has 0 aliphatic carbocycles. The van der Waals surface area contributed by atoms with E-state index in [-0.39, 0.29) is 62.6 Å². The van der Waals surface area contributed by atoms with E-state index in [0.29, 0.717) is 12.8 Å². The van der Waals surface area contributed by atoms with E-state index in [1.54, 1.807) is 14.1 Å². The van der Waals surface area contributed by atoms with Crippen molar-refractivity contribution in [3.05, 3.63) is 0 Å². The summed E-state index contributed by atoms with van der Waals surface area (Å²) in [7, 11) is -5.39. The predicted molar refractivity (Wildman–Crippen MR) is 211 cm³/mol. The van der Waals surface area contributed by atoms with E-state index in [4.69, 9.17) is 0 Å². The van der Waals surface area contributed by atoms with Crippen LogP contribution < -0.4 is 0 Å². The first-order valence-corrected chi connectivity index (χ1v) is 23.2. The molecule has 10 nitrogen and oxygen atoms in total. The first-order valence-electron chi connectivity index (χ1n) is 20.1. The molecule has 0 aliphatic rings. The number of nitrogens with zero attached hydrogens (tertiary/aromatic N) is 2. The van der Waals surface area contributed by atoms with Gasteiger partial charge in [0.25, 0.3) is 0 Å². The van der Waals surface area contributed by atoms with Crippen molar-refractivity contribution in [3.8, 4) is 0 Å². The van der Waals surface area contributed by atoms with Crippen LogP contribution in [0.5, 0.6) is 0 Å². The Morgan fingerprint density at radius 1 is 0.412 bits per heavy atom. The van der Waals surface area contributed by atoms with Gasteiger partial charge < -0.3 is 18.9 Å². The Labute approximate surface area is 344 Å². The number of unbranched alkanes of at least 4 members (excludes halogenated alkanes) is 24. The fourth-order valence-corrected chi connectivity index (χ4v) is 6.71. The topological polar surface area (TPSA) is 155 Å². The summed E-state index contributed by atoms with van der Waals surface area (Å²) in [4.78, 5) is 26.3. The molecule has 0 heterocycles. The molecule has 0 fully saturated rings. The summed E-state index contributed by atoms with van der Waals surface area (Å²) in [5.41, 5.74) is 0. The van der Waals surface area contributed by atoms with Gasteiger partial charge in [-0.3, -0.25) is 9.59 Å². The van der Waals surface area contributed by atoms with Gasteiger partial charge in [-0.05, 0) is 12.8 Å². The van der Waals surface area contributed by atoms with E-state index >= 15 is 0 Å². The van der Waals surface area contributed by atoms with E-state index in [0.717, 1.165) is 38.5 Å². The van der Waals surface area contributed by atoms with Crippen molar-refractivity contribution in [3.63, 3.8) is 0 Å². The van der Waals surface area contributed by atoms with Crippen LogP contribution in [0.3, 0.4) is 0 Å². The second-order valence-electron chi connectivity index (χ2n) is 14.1. The van der Waals surface area contributed by atoms with Crippen LogP contribution in [0.25, 0.3) is 0 Å². The number of hydrogen-bond donors (Lipinski definition) is 0. The fraction of sp³-hybridized carbons (Fsp3) is 0.947. The summed E-state index contributed by atoms with van der Waals surface area (Å²) in [6, 6.07) is 0. The summed E-state index contributed by atoms with van der Waals surface area (Å²) in [5.74, 6) is -1.17. The molecule has 0 saturated heterocycles. The third kappa shape index (κ3) is 46.1. The van der Waals surface area contributed by atoms with E-state index in [2.05, 4.69) is 13.8 Å². The van der Waals surface area contributed by atoms with Gasteiger partial charge in [-0.15, -0.1) is 0 Å². The third-order valence-corrected chi connectivity index (χ3v) is 10.6. The Morgan fingerprint density at radius 2 is 0.608 bits per heavy atom. The van der Waals surface area contributed by atoms with Crippen LogP contribution in [-0.4, -0.2) is 124 Å². The van der Waals surface area contributed by atoms with Crippen LogP contribution in [0.15, 0.2) is 0 Å². The van der Waals surface area contributed by atoms with Gasteiger partial charge in [0.1, 0.15) is 0 Å². The number of rotatable bonds is 34. The van der Waals surface area contributed by atoms with Gasteiger partial charge in [0, 0.05) is 40.0 Å². The van der Waals surface area contributed by atoms with Gasteiger partial charge in [0.2, 0.25) is 11.8 Å². The zero-order valence-electron chi connectivity index (χ0n) is 33.3. The van der Waals surface area contributed by atoms with E-state index in [1.165, 1.54) is 138 Å². The second-order valence-corrected chi connectivity index (χ2v) is 17.2. The quantitative estimate of drug-likeness (QED) is 0.0357. The molecule has 0 bridgehead atoms. The molecule has 0 N–H and O–H groups in total. The molecule has 0 aromatic rings. The number of carbonyl (C=O) groups is 2. The standard InChI is InChI=1S/2C19H39NO4S.Ca/c2*1-3-4-5-6-7-8-9-10-11-12-13-14-15-16-19(21)20(2)17-18-25(22,23)24;/h2*3-18H2,1-2H3,(H,22,23,24);/q;;+2/p-2. The average Bonchev–Trinajstić information content (AvgIpc) is 3.06. The van der Waals surface area contributed by atoms with Crippen LogP contribution in [0.2, 0.25) is 0 Å². The van der Waals surface area contributed by atoms with Crippen LogP contribution in [0.4, 0.5) is 0 Å². The summed E-state index contributed by atoms with van der Waals surface area (Å²) < 4.78 is 63.3. The Hall–Kier alpha value is 0.0197. The van der Waals surface area contributed by atoms with Crippen molar-refractivity contribution in [2.45, 2.75) is 194 Å². The molecule has 300 valence electrons. The number of amides is 2. The summed E-state index contributed by atoms with van der Waals surface area (Å²) in [5, 5.41) is 0. The average molecular weight is 793 g/mol. The maximum atomic E-state index is 11.8. The van der Waals surface area contributed by atoms with Gasteiger partial charge >= 0.3 is 37.7 Å². The van der Waals surface area contributed by atoms with Gasteiger partial charge in [0.05, 0.1) is 31.7 Å². The molecular weight excluding hydrogens is 717 g/mol. The molecule has 0 rings (SSSR count). The first-order chi connectivity index (χ1) is 23.7. The molecular formula is C38H76CaN2O8S2. The molecule has 0 atom stereocenters. The van der Waals surface area contributed by atoms with Crippen LogP contribution in [-0.2, 0) is 29.8 Å². The first kappa shape index (κ1) is 55.4. The van der Waals surface area contributed by atoms with Crippen molar-refractivity contribution in [2.24, 2.45) is 0 Å². The monoisotopic (exact) mass is 792 g/mol. The van der Waals surface area contributed by atoms with Crippen molar-refractivity contribution < 1.29 is 35.5 Å². The number of carbonyl (C=O) groups excluding carboxylic acids is 2. The molecule has 0 aliphatic heterocycles. The summed E-state index contributed by atoms with van der Waals surface area (Å²) in [6.45, 7) is 4.47. The number of hydrogen-bond acceptors (Lipinski definition) is 8. The minimum atomic E-state index is -4.25. The summed E-state index contributed by atoms with van der Waals surface area (Å²) >= 11 is 0. The van der Waals surface area contributed by atoms with E-state index in [9.17, 15) is 35.5 Å². The Morgan fingerprint density at radius 3 is 0.804 bits per heavy atom. The molecule has 0 aromatic heterocycles. The minimum absolute atomic E-state index is 0. The molecule has 0 aromatic carbocycles. The minimum Gasteiger partial charge on any atom is -0.748 e. The molecule has 13 heteroatoms. The van der Waals surface area contributed by atoms with Crippen LogP contribution in [0.1, 0.15) is 194 Å².